The Labute approximate surface area is 177 Å². The number of carbonyl (C=O) groups is 2. The van der Waals surface area contributed by atoms with Crippen molar-refractivity contribution >= 4 is 40.7 Å². The van der Waals surface area contributed by atoms with Gasteiger partial charge in [-0.05, 0) is 54.1 Å². The second-order valence-corrected chi connectivity index (χ2v) is 7.16. The minimum Gasteiger partial charge on any atom is -0.325 e. The first-order valence-corrected chi connectivity index (χ1v) is 9.51. The Morgan fingerprint density at radius 3 is 2.34 bits per heavy atom. The lowest BCUT2D eigenvalue weighted by Gasteiger charge is -2.23. The molecule has 1 N–H and O–H groups in total. The Morgan fingerprint density at radius 2 is 1.66 bits per heavy atom. The van der Waals surface area contributed by atoms with Gasteiger partial charge in [0, 0.05) is 27.8 Å². The van der Waals surface area contributed by atoms with Crippen LogP contribution < -0.4 is 5.32 Å². The van der Waals surface area contributed by atoms with Gasteiger partial charge in [0.15, 0.2) is 0 Å². The van der Waals surface area contributed by atoms with Crippen molar-refractivity contribution in [3.05, 3.63) is 99.8 Å². The van der Waals surface area contributed by atoms with E-state index in [1.165, 1.54) is 23.1 Å². The highest BCUT2D eigenvalue weighted by atomic mass is 35.5. The van der Waals surface area contributed by atoms with Gasteiger partial charge < -0.3 is 10.2 Å². The van der Waals surface area contributed by atoms with E-state index in [1.807, 2.05) is 0 Å². The Balaban J connectivity index is 1.81. The van der Waals surface area contributed by atoms with E-state index in [1.54, 1.807) is 54.6 Å². The fourth-order valence-corrected chi connectivity index (χ4v) is 3.07. The van der Waals surface area contributed by atoms with E-state index in [-0.39, 0.29) is 19.0 Å². The molecule has 0 aromatic heterocycles. The molecule has 7 heteroatoms. The number of hydrogen-bond donors (Lipinski definition) is 1. The monoisotopic (exact) mass is 430 g/mol. The molecule has 0 aliphatic rings. The maximum absolute atomic E-state index is 13.4. The number of rotatable bonds is 6. The highest BCUT2D eigenvalue weighted by Gasteiger charge is 2.20. The summed E-state index contributed by atoms with van der Waals surface area (Å²) in [5.41, 5.74) is 1.40. The average molecular weight is 431 g/mol. The highest BCUT2D eigenvalue weighted by Crippen LogP contribution is 2.19. The lowest BCUT2D eigenvalue weighted by molar-refractivity contribution is -0.117. The van der Waals surface area contributed by atoms with E-state index in [2.05, 4.69) is 5.32 Å². The van der Waals surface area contributed by atoms with E-state index in [4.69, 9.17) is 23.2 Å². The van der Waals surface area contributed by atoms with Crippen LogP contribution in [-0.4, -0.2) is 23.3 Å². The third-order valence-corrected chi connectivity index (χ3v) is 4.76. The van der Waals surface area contributed by atoms with Crippen molar-refractivity contribution in [1.29, 1.82) is 0 Å². The minimum atomic E-state index is -0.465. The van der Waals surface area contributed by atoms with E-state index in [9.17, 15) is 14.0 Å². The number of benzene rings is 3. The molecule has 0 saturated carbocycles. The molecule has 0 saturated heterocycles. The van der Waals surface area contributed by atoms with Gasteiger partial charge in [0.25, 0.3) is 5.91 Å². The predicted octanol–water partition coefficient (Wildman–Crippen LogP) is 5.41. The molecule has 2 amide bonds. The Kier molecular flexibility index (Phi) is 6.86. The fourth-order valence-electron chi connectivity index (χ4n) is 2.75. The van der Waals surface area contributed by atoms with Crippen molar-refractivity contribution in [2.75, 3.05) is 11.9 Å². The third-order valence-electron chi connectivity index (χ3n) is 4.14. The van der Waals surface area contributed by atoms with Gasteiger partial charge in [0.2, 0.25) is 5.91 Å². The van der Waals surface area contributed by atoms with Crippen LogP contribution >= 0.6 is 23.2 Å². The molecule has 0 radical (unpaired) electrons. The van der Waals surface area contributed by atoms with Crippen LogP contribution in [0.1, 0.15) is 15.9 Å². The maximum atomic E-state index is 13.4. The van der Waals surface area contributed by atoms with Crippen LogP contribution in [-0.2, 0) is 11.3 Å². The summed E-state index contributed by atoms with van der Waals surface area (Å²) in [6.07, 6.45) is 0. The van der Waals surface area contributed by atoms with E-state index in [0.29, 0.717) is 26.9 Å². The van der Waals surface area contributed by atoms with Crippen LogP contribution in [0.4, 0.5) is 10.1 Å². The number of halogens is 3. The molecule has 3 rings (SSSR count). The van der Waals surface area contributed by atoms with Crippen LogP contribution in [0.25, 0.3) is 0 Å². The SMILES string of the molecule is O=C(CN(Cc1ccccc1Cl)C(=O)c1ccc(Cl)cc1)Nc1cccc(F)c1. The Bertz CT molecular complexity index is 1030. The fraction of sp³-hybridized carbons (Fsp3) is 0.0909. The van der Waals surface area contributed by atoms with Crippen LogP contribution in [0.5, 0.6) is 0 Å². The molecule has 0 unspecified atom stereocenters. The van der Waals surface area contributed by atoms with Gasteiger partial charge in [-0.3, -0.25) is 9.59 Å². The van der Waals surface area contributed by atoms with Gasteiger partial charge in [-0.2, -0.15) is 0 Å². The Hall–Kier alpha value is -2.89. The van der Waals surface area contributed by atoms with Crippen LogP contribution in [0.15, 0.2) is 72.8 Å². The number of hydrogen-bond acceptors (Lipinski definition) is 2. The summed E-state index contributed by atoms with van der Waals surface area (Å²) in [4.78, 5) is 26.9. The average Bonchev–Trinajstić information content (AvgIpc) is 2.69. The molecule has 0 aliphatic heterocycles. The standard InChI is InChI=1S/C22H17Cl2FN2O2/c23-17-10-8-15(9-11-17)22(29)27(13-16-4-1-2-7-20(16)24)14-21(28)26-19-6-3-5-18(25)12-19/h1-12H,13-14H2,(H,26,28). The second-order valence-electron chi connectivity index (χ2n) is 6.32. The summed E-state index contributed by atoms with van der Waals surface area (Å²) >= 11 is 12.1. The zero-order valence-corrected chi connectivity index (χ0v) is 16.8. The van der Waals surface area contributed by atoms with Gasteiger partial charge in [-0.1, -0.05) is 47.5 Å². The summed E-state index contributed by atoms with van der Waals surface area (Å²) in [7, 11) is 0. The summed E-state index contributed by atoms with van der Waals surface area (Å²) in [5, 5.41) is 3.60. The molecule has 0 fully saturated rings. The van der Waals surface area contributed by atoms with Crippen molar-refractivity contribution in [3.8, 4) is 0 Å². The molecule has 4 nitrogen and oxygen atoms in total. The number of anilines is 1. The summed E-state index contributed by atoms with van der Waals surface area (Å²) in [6.45, 7) is -0.0963. The van der Waals surface area contributed by atoms with Gasteiger partial charge in [0.05, 0.1) is 0 Å². The molecule has 0 spiro atoms. The molecule has 0 atom stereocenters. The van der Waals surface area contributed by atoms with Gasteiger partial charge in [0.1, 0.15) is 12.4 Å². The quantitative estimate of drug-likeness (QED) is 0.567. The number of nitrogens with zero attached hydrogens (tertiary/aromatic N) is 1. The van der Waals surface area contributed by atoms with Gasteiger partial charge in [-0.25, -0.2) is 4.39 Å². The van der Waals surface area contributed by atoms with Crippen molar-refractivity contribution < 1.29 is 14.0 Å². The molecular formula is C22H17Cl2FN2O2. The van der Waals surface area contributed by atoms with Gasteiger partial charge >= 0.3 is 0 Å². The van der Waals surface area contributed by atoms with Crippen molar-refractivity contribution in [2.45, 2.75) is 6.54 Å². The molecule has 0 heterocycles. The lowest BCUT2D eigenvalue weighted by Crippen LogP contribution is -2.37. The molecule has 148 valence electrons. The summed E-state index contributed by atoms with van der Waals surface area (Å²) in [6, 6.07) is 19.0. The zero-order valence-electron chi connectivity index (χ0n) is 15.2. The predicted molar refractivity (Wildman–Crippen MR) is 113 cm³/mol. The van der Waals surface area contributed by atoms with E-state index in [0.717, 1.165) is 0 Å². The summed E-state index contributed by atoms with van der Waals surface area (Å²) < 4.78 is 13.4. The lowest BCUT2D eigenvalue weighted by atomic mass is 10.1. The number of amides is 2. The maximum Gasteiger partial charge on any atom is 0.254 e. The Morgan fingerprint density at radius 1 is 0.931 bits per heavy atom. The molecule has 3 aromatic carbocycles. The van der Waals surface area contributed by atoms with E-state index >= 15 is 0 Å². The smallest absolute Gasteiger partial charge is 0.254 e. The second kappa shape index (κ2) is 9.54. The molecule has 29 heavy (non-hydrogen) atoms. The van der Waals surface area contributed by atoms with Crippen LogP contribution in [0.2, 0.25) is 10.0 Å². The summed E-state index contributed by atoms with van der Waals surface area (Å²) in [5.74, 6) is -1.27. The number of nitrogens with one attached hydrogen (secondary N) is 1. The third kappa shape index (κ3) is 5.79. The minimum absolute atomic E-state index is 0.137. The van der Waals surface area contributed by atoms with E-state index < -0.39 is 11.7 Å². The number of carbonyl (C=O) groups excluding carboxylic acids is 2. The normalized spacial score (nSPS) is 10.4. The highest BCUT2D eigenvalue weighted by molar-refractivity contribution is 6.31. The topological polar surface area (TPSA) is 49.4 Å². The molecule has 0 bridgehead atoms. The first-order chi connectivity index (χ1) is 13.9. The van der Waals surface area contributed by atoms with Gasteiger partial charge in [-0.15, -0.1) is 0 Å². The van der Waals surface area contributed by atoms with Crippen LogP contribution in [0, 0.1) is 5.82 Å². The molecule has 3 aromatic rings. The first-order valence-electron chi connectivity index (χ1n) is 8.76. The van der Waals surface area contributed by atoms with Crippen molar-refractivity contribution in [3.63, 3.8) is 0 Å². The molecule has 0 aliphatic carbocycles. The zero-order chi connectivity index (χ0) is 20.8. The van der Waals surface area contributed by atoms with Crippen LogP contribution in [0.3, 0.4) is 0 Å². The van der Waals surface area contributed by atoms with Crippen molar-refractivity contribution in [1.82, 2.24) is 4.90 Å². The first kappa shape index (κ1) is 20.8. The van der Waals surface area contributed by atoms with Crippen molar-refractivity contribution in [2.24, 2.45) is 0 Å². The molecular weight excluding hydrogens is 414 g/mol. The largest absolute Gasteiger partial charge is 0.325 e.